The molecular weight excluding hydrogens is 424 g/mol. The summed E-state index contributed by atoms with van der Waals surface area (Å²) < 4.78 is 31.9. The maximum Gasteiger partial charge on any atom is 0.229 e. The quantitative estimate of drug-likeness (QED) is 0.197. The number of rotatable bonds is 6. The molecule has 0 aliphatic heterocycles. The van der Waals surface area contributed by atoms with Gasteiger partial charge >= 0.3 is 0 Å². The molecule has 4 rings (SSSR count). The lowest BCUT2D eigenvalue weighted by Crippen LogP contribution is -2.26. The monoisotopic (exact) mass is 444 g/mol. The average molecular weight is 445 g/mol. The van der Waals surface area contributed by atoms with Gasteiger partial charge in [-0.3, -0.25) is 10.2 Å². The SMILES string of the molecule is COc1ccc(N/N=C(\C(=O)c2cccc3ccccc23)S(=O)(=O)c2ccccc2)cc1. The Labute approximate surface area is 186 Å². The average Bonchev–Trinajstić information content (AvgIpc) is 2.84. The Morgan fingerprint density at radius 1 is 0.812 bits per heavy atom. The van der Waals surface area contributed by atoms with Crippen LogP contribution in [0.1, 0.15) is 10.4 Å². The Bertz CT molecular complexity index is 1390. The number of hydrazone groups is 1. The van der Waals surface area contributed by atoms with Crippen molar-refractivity contribution in [1.29, 1.82) is 0 Å². The van der Waals surface area contributed by atoms with Crippen LogP contribution >= 0.6 is 0 Å². The van der Waals surface area contributed by atoms with E-state index in [0.717, 1.165) is 5.39 Å². The highest BCUT2D eigenvalue weighted by molar-refractivity contribution is 8.08. The molecule has 0 saturated carbocycles. The zero-order chi connectivity index (χ0) is 22.6. The number of benzene rings is 4. The number of hydrogen-bond donors (Lipinski definition) is 1. The number of sulfone groups is 1. The summed E-state index contributed by atoms with van der Waals surface area (Å²) in [7, 11) is -2.64. The van der Waals surface area contributed by atoms with Gasteiger partial charge in [-0.2, -0.15) is 5.10 Å². The fourth-order valence-corrected chi connectivity index (χ4v) is 4.52. The van der Waals surface area contributed by atoms with Crippen LogP contribution in [-0.2, 0) is 9.84 Å². The minimum absolute atomic E-state index is 0.0103. The van der Waals surface area contributed by atoms with Gasteiger partial charge in [-0.1, -0.05) is 60.7 Å². The predicted octanol–water partition coefficient (Wildman–Crippen LogP) is 4.93. The van der Waals surface area contributed by atoms with Crippen molar-refractivity contribution in [3.8, 4) is 5.75 Å². The van der Waals surface area contributed by atoms with Gasteiger partial charge in [0.15, 0.2) is 0 Å². The molecule has 0 aromatic heterocycles. The van der Waals surface area contributed by atoms with Gasteiger partial charge in [-0.05, 0) is 47.2 Å². The second-order valence-electron chi connectivity index (χ2n) is 6.93. The molecule has 0 fully saturated rings. The Kier molecular flexibility index (Phi) is 6.00. The fraction of sp³-hybridized carbons (Fsp3) is 0.0400. The number of nitrogens with zero attached hydrogens (tertiary/aromatic N) is 1. The molecule has 32 heavy (non-hydrogen) atoms. The smallest absolute Gasteiger partial charge is 0.229 e. The van der Waals surface area contributed by atoms with Crippen molar-refractivity contribution in [2.24, 2.45) is 5.10 Å². The molecule has 0 heterocycles. The second-order valence-corrected chi connectivity index (χ2v) is 8.79. The van der Waals surface area contributed by atoms with Gasteiger partial charge in [0.1, 0.15) is 5.75 Å². The van der Waals surface area contributed by atoms with Crippen LogP contribution in [0.3, 0.4) is 0 Å². The van der Waals surface area contributed by atoms with Crippen LogP contribution in [0.15, 0.2) is 107 Å². The number of ketones is 1. The summed E-state index contributed by atoms with van der Waals surface area (Å²) in [5.74, 6) is -0.0462. The van der Waals surface area contributed by atoms with Crippen molar-refractivity contribution in [3.05, 3.63) is 103 Å². The molecule has 1 N–H and O–H groups in total. The Morgan fingerprint density at radius 3 is 2.19 bits per heavy atom. The third kappa shape index (κ3) is 4.24. The minimum Gasteiger partial charge on any atom is -0.497 e. The van der Waals surface area contributed by atoms with Crippen LogP contribution in [0.4, 0.5) is 5.69 Å². The van der Waals surface area contributed by atoms with E-state index in [0.29, 0.717) is 16.8 Å². The zero-order valence-electron chi connectivity index (χ0n) is 17.2. The Morgan fingerprint density at radius 2 is 1.47 bits per heavy atom. The first-order valence-electron chi connectivity index (χ1n) is 9.81. The molecule has 0 unspecified atom stereocenters. The van der Waals surface area contributed by atoms with E-state index in [-0.39, 0.29) is 10.5 Å². The molecule has 4 aromatic rings. The van der Waals surface area contributed by atoms with E-state index in [1.807, 2.05) is 18.2 Å². The minimum atomic E-state index is -4.19. The summed E-state index contributed by atoms with van der Waals surface area (Å²) in [5, 5.41) is 4.97. The lowest BCUT2D eigenvalue weighted by atomic mass is 10.0. The van der Waals surface area contributed by atoms with Gasteiger partial charge in [0.2, 0.25) is 20.7 Å². The standard InChI is InChI=1S/C25H20N2O4S/c1-31-20-16-14-19(15-17-20)26-27-25(32(29,30)21-10-3-2-4-11-21)24(28)23-13-7-9-18-8-5-6-12-22(18)23/h2-17,26H,1H3/b27-25+. The van der Waals surface area contributed by atoms with E-state index in [2.05, 4.69) is 10.5 Å². The number of carbonyl (C=O) groups excluding carboxylic acids is 1. The maximum atomic E-state index is 13.5. The van der Waals surface area contributed by atoms with Crippen molar-refractivity contribution in [1.82, 2.24) is 0 Å². The highest BCUT2D eigenvalue weighted by atomic mass is 32.2. The molecular formula is C25H20N2O4S. The summed E-state index contributed by atoms with van der Waals surface area (Å²) in [6.07, 6.45) is 0. The third-order valence-electron chi connectivity index (χ3n) is 4.91. The molecule has 0 aliphatic carbocycles. The highest BCUT2D eigenvalue weighted by Crippen LogP contribution is 2.23. The lowest BCUT2D eigenvalue weighted by molar-refractivity contribution is 0.107. The first kappa shape index (κ1) is 21.3. The normalized spacial score (nSPS) is 11.8. The van der Waals surface area contributed by atoms with Crippen LogP contribution in [0.2, 0.25) is 0 Å². The van der Waals surface area contributed by atoms with E-state index in [1.165, 1.54) is 12.1 Å². The van der Waals surface area contributed by atoms with Gasteiger partial charge in [0.05, 0.1) is 17.7 Å². The summed E-state index contributed by atoms with van der Waals surface area (Å²) in [5.41, 5.74) is 3.48. The highest BCUT2D eigenvalue weighted by Gasteiger charge is 2.31. The van der Waals surface area contributed by atoms with Crippen LogP contribution < -0.4 is 10.2 Å². The molecule has 0 atom stereocenters. The van der Waals surface area contributed by atoms with Crippen LogP contribution in [0, 0.1) is 0 Å². The van der Waals surface area contributed by atoms with E-state index in [9.17, 15) is 13.2 Å². The molecule has 4 aromatic carbocycles. The van der Waals surface area contributed by atoms with E-state index in [4.69, 9.17) is 4.74 Å². The van der Waals surface area contributed by atoms with Gasteiger partial charge < -0.3 is 4.74 Å². The molecule has 7 heteroatoms. The first-order valence-corrected chi connectivity index (χ1v) is 11.3. The number of ether oxygens (including phenoxy) is 1. The largest absolute Gasteiger partial charge is 0.497 e. The van der Waals surface area contributed by atoms with Crippen molar-refractivity contribution in [2.45, 2.75) is 4.90 Å². The number of carbonyl (C=O) groups is 1. The molecule has 0 aliphatic rings. The Balaban J connectivity index is 1.82. The molecule has 0 amide bonds. The number of nitrogens with one attached hydrogen (secondary N) is 1. The van der Waals surface area contributed by atoms with E-state index >= 15 is 0 Å². The van der Waals surface area contributed by atoms with Crippen LogP contribution in [-0.4, -0.2) is 26.4 Å². The molecule has 0 spiro atoms. The Hall–Kier alpha value is -3.97. The summed E-state index contributed by atoms with van der Waals surface area (Å²) in [4.78, 5) is 13.5. The second kappa shape index (κ2) is 9.03. The molecule has 0 saturated heterocycles. The summed E-state index contributed by atoms with van der Waals surface area (Å²) in [6, 6.07) is 27.1. The van der Waals surface area contributed by atoms with Crippen molar-refractivity contribution in [3.63, 3.8) is 0 Å². The maximum absolute atomic E-state index is 13.5. The lowest BCUT2D eigenvalue weighted by Gasteiger charge is -2.11. The fourth-order valence-electron chi connectivity index (χ4n) is 3.26. The number of methoxy groups -OCH3 is 1. The van der Waals surface area contributed by atoms with Crippen molar-refractivity contribution < 1.29 is 17.9 Å². The number of anilines is 1. The first-order chi connectivity index (χ1) is 15.5. The van der Waals surface area contributed by atoms with Crippen LogP contribution in [0.25, 0.3) is 10.8 Å². The summed E-state index contributed by atoms with van der Waals surface area (Å²) >= 11 is 0. The van der Waals surface area contributed by atoms with E-state index in [1.54, 1.807) is 73.8 Å². The number of fused-ring (bicyclic) bond motifs is 1. The number of Topliss-reactive ketones (excluding diaryl/α,β-unsaturated/α-hetero) is 1. The van der Waals surface area contributed by atoms with Gasteiger partial charge in [0, 0.05) is 5.56 Å². The van der Waals surface area contributed by atoms with Crippen molar-refractivity contribution in [2.75, 3.05) is 12.5 Å². The zero-order valence-corrected chi connectivity index (χ0v) is 18.0. The molecule has 6 nitrogen and oxygen atoms in total. The van der Waals surface area contributed by atoms with Crippen molar-refractivity contribution >= 4 is 37.1 Å². The van der Waals surface area contributed by atoms with E-state index < -0.39 is 20.7 Å². The topological polar surface area (TPSA) is 84.8 Å². The predicted molar refractivity (Wildman–Crippen MR) is 126 cm³/mol. The molecule has 0 bridgehead atoms. The van der Waals surface area contributed by atoms with Gasteiger partial charge in [-0.15, -0.1) is 0 Å². The number of hydrogen-bond acceptors (Lipinski definition) is 6. The van der Waals surface area contributed by atoms with Gasteiger partial charge in [0.25, 0.3) is 0 Å². The third-order valence-corrected chi connectivity index (χ3v) is 6.59. The molecule has 0 radical (unpaired) electrons. The van der Waals surface area contributed by atoms with Crippen LogP contribution in [0.5, 0.6) is 5.75 Å². The molecule has 160 valence electrons. The summed E-state index contributed by atoms with van der Waals surface area (Å²) in [6.45, 7) is 0. The van der Waals surface area contributed by atoms with Gasteiger partial charge in [-0.25, -0.2) is 8.42 Å².